The fourth-order valence-electron chi connectivity index (χ4n) is 2.45. The Morgan fingerprint density at radius 3 is 2.71 bits per heavy atom. The van der Waals surface area contributed by atoms with Crippen LogP contribution in [0.25, 0.3) is 10.9 Å². The van der Waals surface area contributed by atoms with E-state index in [1.807, 2.05) is 37.3 Å². The number of fused-ring (bicyclic) bond motifs is 1. The lowest BCUT2D eigenvalue weighted by atomic mass is 10.1. The molecule has 0 aliphatic rings. The van der Waals surface area contributed by atoms with Crippen molar-refractivity contribution in [3.8, 4) is 5.75 Å². The third-order valence-electron chi connectivity index (χ3n) is 3.74. The molecule has 0 atom stereocenters. The molecule has 0 unspecified atom stereocenters. The number of aromatic amines is 1. The summed E-state index contributed by atoms with van der Waals surface area (Å²) in [5.74, 6) is 0.466. The van der Waals surface area contributed by atoms with Crippen LogP contribution in [0.1, 0.15) is 21.6 Å². The third-order valence-corrected chi connectivity index (χ3v) is 3.98. The first-order valence-electron chi connectivity index (χ1n) is 7.34. The molecular weight excluding hydrogens is 326 g/mol. The summed E-state index contributed by atoms with van der Waals surface area (Å²) in [7, 11) is 1.61. The molecule has 0 radical (unpaired) electrons. The van der Waals surface area contributed by atoms with Crippen molar-refractivity contribution in [2.75, 3.05) is 7.11 Å². The van der Waals surface area contributed by atoms with E-state index in [9.17, 15) is 4.79 Å². The molecule has 5 nitrogen and oxygen atoms in total. The van der Waals surface area contributed by atoms with Crippen LogP contribution >= 0.6 is 11.6 Å². The number of amides is 1. The van der Waals surface area contributed by atoms with Crippen molar-refractivity contribution in [1.29, 1.82) is 0 Å². The number of carbonyl (C=O) groups excluding carboxylic acids is 1. The molecule has 24 heavy (non-hydrogen) atoms. The van der Waals surface area contributed by atoms with Crippen LogP contribution in [0.5, 0.6) is 5.75 Å². The summed E-state index contributed by atoms with van der Waals surface area (Å²) in [5, 5.41) is 5.57. The van der Waals surface area contributed by atoms with Crippen molar-refractivity contribution in [2.45, 2.75) is 6.92 Å². The van der Waals surface area contributed by atoms with Gasteiger partial charge in [-0.3, -0.25) is 4.79 Å². The van der Waals surface area contributed by atoms with Gasteiger partial charge in [0.25, 0.3) is 5.91 Å². The number of aromatic nitrogens is 1. The molecule has 122 valence electrons. The molecule has 1 aromatic heterocycles. The summed E-state index contributed by atoms with van der Waals surface area (Å²) >= 11 is 5.98. The van der Waals surface area contributed by atoms with Gasteiger partial charge in [0.1, 0.15) is 11.4 Å². The van der Waals surface area contributed by atoms with E-state index in [0.717, 1.165) is 27.8 Å². The number of nitrogens with one attached hydrogen (secondary N) is 2. The minimum atomic E-state index is -0.301. The van der Waals surface area contributed by atoms with Gasteiger partial charge in [-0.25, -0.2) is 5.43 Å². The van der Waals surface area contributed by atoms with Gasteiger partial charge in [-0.15, -0.1) is 0 Å². The Hall–Kier alpha value is -2.79. The minimum Gasteiger partial charge on any atom is -0.497 e. The number of carbonyl (C=O) groups is 1. The van der Waals surface area contributed by atoms with Crippen molar-refractivity contribution in [2.24, 2.45) is 5.10 Å². The topological polar surface area (TPSA) is 66.5 Å². The molecule has 3 aromatic rings. The van der Waals surface area contributed by atoms with E-state index in [1.165, 1.54) is 0 Å². The second kappa shape index (κ2) is 6.76. The van der Waals surface area contributed by atoms with E-state index >= 15 is 0 Å². The highest BCUT2D eigenvalue weighted by Gasteiger charge is 2.14. The first-order chi connectivity index (χ1) is 11.6. The Morgan fingerprint density at radius 1 is 1.25 bits per heavy atom. The summed E-state index contributed by atoms with van der Waals surface area (Å²) in [6, 6.07) is 12.8. The van der Waals surface area contributed by atoms with Crippen molar-refractivity contribution >= 4 is 34.6 Å². The average molecular weight is 342 g/mol. The van der Waals surface area contributed by atoms with E-state index in [0.29, 0.717) is 10.7 Å². The smallest absolute Gasteiger partial charge is 0.288 e. The van der Waals surface area contributed by atoms with E-state index < -0.39 is 0 Å². The maximum atomic E-state index is 12.3. The van der Waals surface area contributed by atoms with E-state index in [1.54, 1.807) is 25.5 Å². The maximum absolute atomic E-state index is 12.3. The Labute approximate surface area is 144 Å². The number of nitrogens with zero attached hydrogens (tertiary/aromatic N) is 1. The Balaban J connectivity index is 1.74. The normalized spacial score (nSPS) is 11.1. The van der Waals surface area contributed by atoms with Crippen LogP contribution in [0.3, 0.4) is 0 Å². The van der Waals surface area contributed by atoms with Gasteiger partial charge in [-0.1, -0.05) is 17.7 Å². The molecule has 1 heterocycles. The standard InChI is InChI=1S/C18H16ClN3O2/c1-11-15-8-5-13(19)9-16(15)21-17(11)18(23)22-20-10-12-3-6-14(24-2)7-4-12/h3-10,21H,1-2H3,(H,22,23). The number of benzene rings is 2. The van der Waals surface area contributed by atoms with Crippen LogP contribution in [0.2, 0.25) is 5.02 Å². The second-order valence-corrected chi connectivity index (χ2v) is 5.72. The summed E-state index contributed by atoms with van der Waals surface area (Å²) < 4.78 is 5.09. The van der Waals surface area contributed by atoms with Crippen molar-refractivity contribution in [1.82, 2.24) is 10.4 Å². The fraction of sp³-hybridized carbons (Fsp3) is 0.111. The highest BCUT2D eigenvalue weighted by atomic mass is 35.5. The summed E-state index contributed by atoms with van der Waals surface area (Å²) in [5.41, 5.74) is 5.54. The van der Waals surface area contributed by atoms with Gasteiger partial charge >= 0.3 is 0 Å². The highest BCUT2D eigenvalue weighted by Crippen LogP contribution is 2.24. The number of halogens is 1. The fourth-order valence-corrected chi connectivity index (χ4v) is 2.62. The van der Waals surface area contributed by atoms with Gasteiger partial charge in [0, 0.05) is 15.9 Å². The summed E-state index contributed by atoms with van der Waals surface area (Å²) in [4.78, 5) is 15.4. The molecule has 0 saturated carbocycles. The van der Waals surface area contributed by atoms with Gasteiger partial charge in [-0.2, -0.15) is 5.10 Å². The van der Waals surface area contributed by atoms with Crippen molar-refractivity contribution < 1.29 is 9.53 Å². The van der Waals surface area contributed by atoms with Gasteiger partial charge in [0.15, 0.2) is 0 Å². The molecule has 0 aliphatic carbocycles. The number of hydrazone groups is 1. The van der Waals surface area contributed by atoms with Crippen molar-refractivity contribution in [3.05, 3.63) is 64.3 Å². The molecule has 3 rings (SSSR count). The van der Waals surface area contributed by atoms with Crippen LogP contribution in [0, 0.1) is 6.92 Å². The van der Waals surface area contributed by atoms with Gasteiger partial charge in [-0.05, 0) is 54.4 Å². The Kier molecular flexibility index (Phi) is 4.53. The second-order valence-electron chi connectivity index (χ2n) is 5.29. The van der Waals surface area contributed by atoms with E-state index in [2.05, 4.69) is 15.5 Å². The van der Waals surface area contributed by atoms with Crippen LogP contribution in [0.4, 0.5) is 0 Å². The average Bonchev–Trinajstić information content (AvgIpc) is 2.91. The predicted octanol–water partition coefficient (Wildman–Crippen LogP) is 3.90. The Bertz CT molecular complexity index is 914. The monoisotopic (exact) mass is 341 g/mol. The summed E-state index contributed by atoms with van der Waals surface area (Å²) in [6.45, 7) is 1.88. The number of hydrogen-bond donors (Lipinski definition) is 2. The van der Waals surface area contributed by atoms with Crippen LogP contribution < -0.4 is 10.2 Å². The predicted molar refractivity (Wildman–Crippen MR) is 96.1 cm³/mol. The van der Waals surface area contributed by atoms with Gasteiger partial charge in [0.2, 0.25) is 0 Å². The zero-order valence-electron chi connectivity index (χ0n) is 13.3. The SMILES string of the molecule is COc1ccc(C=NNC(=O)c2[nH]c3cc(Cl)ccc3c2C)cc1. The molecule has 0 fully saturated rings. The lowest BCUT2D eigenvalue weighted by Crippen LogP contribution is -2.18. The molecule has 0 aliphatic heterocycles. The van der Waals surface area contributed by atoms with Crippen LogP contribution in [0.15, 0.2) is 47.6 Å². The van der Waals surface area contributed by atoms with E-state index in [4.69, 9.17) is 16.3 Å². The number of H-pyrrole nitrogens is 1. The molecule has 1 amide bonds. The van der Waals surface area contributed by atoms with Crippen LogP contribution in [-0.2, 0) is 0 Å². The number of ether oxygens (including phenoxy) is 1. The highest BCUT2D eigenvalue weighted by molar-refractivity contribution is 6.31. The van der Waals surface area contributed by atoms with Gasteiger partial charge < -0.3 is 9.72 Å². The third kappa shape index (κ3) is 3.26. The minimum absolute atomic E-state index is 0.301. The lowest BCUT2D eigenvalue weighted by Gasteiger charge is -2.00. The molecule has 2 aromatic carbocycles. The Morgan fingerprint density at radius 2 is 2.00 bits per heavy atom. The number of methoxy groups -OCH3 is 1. The first kappa shape index (κ1) is 16.1. The number of aryl methyl sites for hydroxylation is 1. The van der Waals surface area contributed by atoms with Crippen LogP contribution in [-0.4, -0.2) is 24.2 Å². The largest absolute Gasteiger partial charge is 0.497 e. The number of rotatable bonds is 4. The lowest BCUT2D eigenvalue weighted by molar-refractivity contribution is 0.0950. The molecule has 0 saturated heterocycles. The quantitative estimate of drug-likeness (QED) is 0.558. The van der Waals surface area contributed by atoms with Gasteiger partial charge in [0.05, 0.1) is 13.3 Å². The zero-order valence-corrected chi connectivity index (χ0v) is 14.0. The molecule has 0 spiro atoms. The molecule has 6 heteroatoms. The zero-order chi connectivity index (χ0) is 17.1. The maximum Gasteiger partial charge on any atom is 0.288 e. The first-order valence-corrected chi connectivity index (χ1v) is 7.71. The number of hydrogen-bond acceptors (Lipinski definition) is 3. The molecular formula is C18H16ClN3O2. The molecule has 2 N–H and O–H groups in total. The van der Waals surface area contributed by atoms with Crippen molar-refractivity contribution in [3.63, 3.8) is 0 Å². The molecule has 0 bridgehead atoms. The van der Waals surface area contributed by atoms with E-state index in [-0.39, 0.29) is 5.91 Å². The summed E-state index contributed by atoms with van der Waals surface area (Å²) in [6.07, 6.45) is 1.58.